The number of nitro groups is 1. The molecule has 1 aromatic heterocycles. The molecule has 0 saturated carbocycles. The molecule has 0 spiro atoms. The van der Waals surface area contributed by atoms with E-state index in [2.05, 4.69) is 15.3 Å². The second-order valence-electron chi connectivity index (χ2n) is 5.23. The van der Waals surface area contributed by atoms with Crippen LogP contribution in [0.25, 0.3) is 0 Å². The van der Waals surface area contributed by atoms with E-state index in [4.69, 9.17) is 0 Å². The number of aliphatic hydroxyl groups excluding tert-OH is 1. The van der Waals surface area contributed by atoms with Crippen LogP contribution in [0.2, 0.25) is 0 Å². The minimum atomic E-state index is -0.428. The van der Waals surface area contributed by atoms with E-state index in [-0.39, 0.29) is 18.2 Å². The van der Waals surface area contributed by atoms with Gasteiger partial charge in [0.15, 0.2) is 0 Å². The van der Waals surface area contributed by atoms with E-state index < -0.39 is 4.92 Å². The van der Waals surface area contributed by atoms with Crippen molar-refractivity contribution < 1.29 is 10.0 Å². The first kappa shape index (κ1) is 15.4. The van der Waals surface area contributed by atoms with Crippen LogP contribution in [0.4, 0.5) is 17.5 Å². The highest BCUT2D eigenvalue weighted by atomic mass is 16.6. The molecular formula is C13H21N5O3. The number of anilines is 2. The molecule has 1 atom stereocenters. The lowest BCUT2D eigenvalue weighted by molar-refractivity contribution is -0.385. The third kappa shape index (κ3) is 3.38. The summed E-state index contributed by atoms with van der Waals surface area (Å²) < 4.78 is 0. The Bertz CT molecular complexity index is 523. The van der Waals surface area contributed by atoms with Crippen molar-refractivity contribution in [1.82, 2.24) is 9.97 Å². The number of piperidine rings is 1. The number of rotatable bonds is 5. The molecule has 0 aromatic carbocycles. The average molecular weight is 295 g/mol. The van der Waals surface area contributed by atoms with Crippen LogP contribution in [0.5, 0.6) is 0 Å². The monoisotopic (exact) mass is 295 g/mol. The zero-order valence-corrected chi connectivity index (χ0v) is 12.4. The number of nitrogens with one attached hydrogen (secondary N) is 1. The van der Waals surface area contributed by atoms with Gasteiger partial charge in [-0.15, -0.1) is 0 Å². The van der Waals surface area contributed by atoms with Gasteiger partial charge in [0.1, 0.15) is 5.69 Å². The van der Waals surface area contributed by atoms with Gasteiger partial charge in [-0.1, -0.05) is 0 Å². The van der Waals surface area contributed by atoms with Crippen LogP contribution >= 0.6 is 0 Å². The molecule has 8 heteroatoms. The Balaban J connectivity index is 2.41. The molecule has 8 nitrogen and oxygen atoms in total. The van der Waals surface area contributed by atoms with Gasteiger partial charge in [-0.25, -0.2) is 4.98 Å². The van der Waals surface area contributed by atoms with Crippen molar-refractivity contribution in [3.63, 3.8) is 0 Å². The van der Waals surface area contributed by atoms with Gasteiger partial charge in [0.2, 0.25) is 11.8 Å². The van der Waals surface area contributed by atoms with Crippen molar-refractivity contribution in [2.45, 2.75) is 26.7 Å². The summed E-state index contributed by atoms with van der Waals surface area (Å²) in [6.45, 7) is 5.57. The van der Waals surface area contributed by atoms with Gasteiger partial charge in [-0.2, -0.15) is 4.98 Å². The second-order valence-corrected chi connectivity index (χ2v) is 5.23. The molecule has 2 N–H and O–H groups in total. The van der Waals surface area contributed by atoms with Crippen LogP contribution in [0.1, 0.15) is 25.5 Å². The summed E-state index contributed by atoms with van der Waals surface area (Å²) in [6.07, 6.45) is 1.83. The Kier molecular flexibility index (Phi) is 4.89. The Labute approximate surface area is 123 Å². The first-order valence-corrected chi connectivity index (χ1v) is 7.19. The fourth-order valence-corrected chi connectivity index (χ4v) is 2.63. The van der Waals surface area contributed by atoms with Crippen LogP contribution in [0, 0.1) is 23.0 Å². The van der Waals surface area contributed by atoms with E-state index in [0.717, 1.165) is 12.8 Å². The van der Waals surface area contributed by atoms with Gasteiger partial charge in [0.05, 0.1) is 4.92 Å². The number of aromatic nitrogens is 2. The van der Waals surface area contributed by atoms with Crippen molar-refractivity contribution in [2.75, 3.05) is 36.5 Å². The molecule has 1 unspecified atom stereocenters. The first-order valence-electron chi connectivity index (χ1n) is 7.19. The summed E-state index contributed by atoms with van der Waals surface area (Å²) in [7, 11) is 0. The maximum Gasteiger partial charge on any atom is 0.332 e. The topological polar surface area (TPSA) is 104 Å². The van der Waals surface area contributed by atoms with Crippen LogP contribution in [-0.2, 0) is 0 Å². The smallest absolute Gasteiger partial charge is 0.332 e. The molecular weight excluding hydrogens is 274 g/mol. The largest absolute Gasteiger partial charge is 0.396 e. The lowest BCUT2D eigenvalue weighted by atomic mass is 9.99. The Morgan fingerprint density at radius 3 is 2.90 bits per heavy atom. The highest BCUT2D eigenvalue weighted by molar-refractivity contribution is 5.62. The number of hydrogen-bond acceptors (Lipinski definition) is 7. The third-order valence-electron chi connectivity index (χ3n) is 3.63. The number of nitrogens with zero attached hydrogens (tertiary/aromatic N) is 4. The minimum absolute atomic E-state index is 0.0461. The lowest BCUT2D eigenvalue weighted by Crippen LogP contribution is -2.38. The Hall–Kier alpha value is -1.96. The van der Waals surface area contributed by atoms with E-state index >= 15 is 0 Å². The average Bonchev–Trinajstić information content (AvgIpc) is 2.46. The molecule has 1 aromatic rings. The highest BCUT2D eigenvalue weighted by Gasteiger charge is 2.29. The normalized spacial score (nSPS) is 18.6. The molecule has 2 heterocycles. The van der Waals surface area contributed by atoms with Crippen molar-refractivity contribution in [3.05, 3.63) is 15.8 Å². The van der Waals surface area contributed by atoms with Crippen LogP contribution in [0.3, 0.4) is 0 Å². The van der Waals surface area contributed by atoms with Crippen LogP contribution < -0.4 is 10.2 Å². The Morgan fingerprint density at radius 2 is 2.29 bits per heavy atom. The molecule has 116 valence electrons. The SMILES string of the molecule is CCNc1nc(C)c([N+](=O)[O-])c(N2CCCC(CO)C2)n1. The molecule has 1 aliphatic heterocycles. The van der Waals surface area contributed by atoms with E-state index in [1.54, 1.807) is 6.92 Å². The van der Waals surface area contributed by atoms with Gasteiger partial charge in [-0.05, 0) is 32.6 Å². The molecule has 1 saturated heterocycles. The predicted molar refractivity (Wildman–Crippen MR) is 79.6 cm³/mol. The molecule has 0 bridgehead atoms. The summed E-state index contributed by atoms with van der Waals surface area (Å²) >= 11 is 0. The maximum atomic E-state index is 11.3. The zero-order chi connectivity index (χ0) is 15.4. The molecule has 0 aliphatic carbocycles. The van der Waals surface area contributed by atoms with Crippen molar-refractivity contribution in [3.8, 4) is 0 Å². The summed E-state index contributed by atoms with van der Waals surface area (Å²) in [4.78, 5) is 21.3. The van der Waals surface area contributed by atoms with Crippen LogP contribution in [0.15, 0.2) is 0 Å². The quantitative estimate of drug-likeness (QED) is 0.623. The van der Waals surface area contributed by atoms with Crippen molar-refractivity contribution >= 4 is 17.5 Å². The molecule has 2 rings (SSSR count). The zero-order valence-electron chi connectivity index (χ0n) is 12.4. The lowest BCUT2D eigenvalue weighted by Gasteiger charge is -2.32. The summed E-state index contributed by atoms with van der Waals surface area (Å²) in [5.74, 6) is 0.888. The summed E-state index contributed by atoms with van der Waals surface area (Å²) in [5, 5.41) is 23.7. The number of hydrogen-bond donors (Lipinski definition) is 2. The fourth-order valence-electron chi connectivity index (χ4n) is 2.63. The first-order chi connectivity index (χ1) is 10.1. The van der Waals surface area contributed by atoms with Crippen LogP contribution in [-0.4, -0.2) is 46.2 Å². The minimum Gasteiger partial charge on any atom is -0.396 e. The molecule has 0 amide bonds. The standard InChI is InChI=1S/C13H21N5O3/c1-3-14-13-15-9(2)11(18(20)21)12(16-13)17-6-4-5-10(7-17)8-19/h10,19H,3-8H2,1-2H3,(H,14,15,16). The van der Waals surface area contributed by atoms with Gasteiger partial charge < -0.3 is 15.3 Å². The van der Waals surface area contributed by atoms with E-state index in [0.29, 0.717) is 37.1 Å². The summed E-state index contributed by atoms with van der Waals surface area (Å²) in [5.41, 5.74) is 0.308. The fraction of sp³-hybridized carbons (Fsp3) is 0.692. The molecule has 21 heavy (non-hydrogen) atoms. The molecule has 1 aliphatic rings. The predicted octanol–water partition coefficient (Wildman–Crippen LogP) is 1.33. The highest BCUT2D eigenvalue weighted by Crippen LogP contribution is 2.32. The van der Waals surface area contributed by atoms with Gasteiger partial charge in [0.25, 0.3) is 0 Å². The third-order valence-corrected chi connectivity index (χ3v) is 3.63. The molecule has 1 fully saturated rings. The van der Waals surface area contributed by atoms with E-state index in [1.165, 1.54) is 0 Å². The van der Waals surface area contributed by atoms with Crippen molar-refractivity contribution in [2.24, 2.45) is 5.92 Å². The second kappa shape index (κ2) is 6.66. The van der Waals surface area contributed by atoms with E-state index in [1.807, 2.05) is 11.8 Å². The maximum absolute atomic E-state index is 11.3. The number of aryl methyl sites for hydroxylation is 1. The molecule has 0 radical (unpaired) electrons. The number of aliphatic hydroxyl groups is 1. The van der Waals surface area contributed by atoms with Gasteiger partial charge >= 0.3 is 5.69 Å². The summed E-state index contributed by atoms with van der Waals surface area (Å²) in [6, 6.07) is 0. The van der Waals surface area contributed by atoms with Crippen molar-refractivity contribution in [1.29, 1.82) is 0 Å². The van der Waals surface area contributed by atoms with Gasteiger partial charge in [-0.3, -0.25) is 10.1 Å². The van der Waals surface area contributed by atoms with Gasteiger partial charge in [0, 0.05) is 26.2 Å². The Morgan fingerprint density at radius 1 is 1.52 bits per heavy atom. The van der Waals surface area contributed by atoms with E-state index in [9.17, 15) is 15.2 Å².